The number of carbonyl (C=O) groups excluding carboxylic acids is 1. The van der Waals surface area contributed by atoms with Gasteiger partial charge in [-0.25, -0.2) is 18.7 Å². The van der Waals surface area contributed by atoms with Crippen molar-refractivity contribution < 1.29 is 28.9 Å². The van der Waals surface area contributed by atoms with Crippen LogP contribution in [0.5, 0.6) is 0 Å². The van der Waals surface area contributed by atoms with Gasteiger partial charge in [0.15, 0.2) is 0 Å². The Labute approximate surface area is 206 Å². The van der Waals surface area contributed by atoms with Crippen molar-refractivity contribution in [3.05, 3.63) is 76.6 Å². The van der Waals surface area contributed by atoms with Gasteiger partial charge in [-0.2, -0.15) is 0 Å². The zero-order valence-corrected chi connectivity index (χ0v) is 19.7. The first-order valence-electron chi connectivity index (χ1n) is 11.6. The Morgan fingerprint density at radius 1 is 1.17 bits per heavy atom. The molecule has 0 bridgehead atoms. The van der Waals surface area contributed by atoms with Gasteiger partial charge in [0.1, 0.15) is 23.1 Å². The highest BCUT2D eigenvalue weighted by Crippen LogP contribution is 2.34. The first-order chi connectivity index (χ1) is 17.2. The van der Waals surface area contributed by atoms with E-state index in [0.29, 0.717) is 41.6 Å². The van der Waals surface area contributed by atoms with Gasteiger partial charge in [0, 0.05) is 11.5 Å². The Balaban J connectivity index is 1.56. The number of benzene rings is 2. The number of anilines is 1. The Morgan fingerprint density at radius 3 is 2.61 bits per heavy atom. The molecule has 1 fully saturated rings. The smallest absolute Gasteiger partial charge is 0.254 e. The van der Waals surface area contributed by atoms with E-state index in [2.05, 4.69) is 15.3 Å². The molecule has 0 unspecified atom stereocenters. The molecule has 190 valence electrons. The number of aromatic nitrogens is 2. The number of amides is 1. The van der Waals surface area contributed by atoms with E-state index in [1.165, 1.54) is 30.5 Å². The van der Waals surface area contributed by atoms with Gasteiger partial charge in [0.25, 0.3) is 5.91 Å². The molecule has 2 aromatic carbocycles. The largest absolute Gasteiger partial charge is 0.394 e. The number of nitrogens with one attached hydrogen (secondary N) is 1. The molecular formula is C26H28F2N4O4. The molecule has 1 aliphatic carbocycles. The fourth-order valence-corrected chi connectivity index (χ4v) is 4.50. The van der Waals surface area contributed by atoms with Gasteiger partial charge in [-0.15, -0.1) is 0 Å². The summed E-state index contributed by atoms with van der Waals surface area (Å²) in [5.41, 5.74) is 7.83. The Bertz CT molecular complexity index is 1250. The third-order valence-corrected chi connectivity index (χ3v) is 6.46. The van der Waals surface area contributed by atoms with Gasteiger partial charge in [-0.3, -0.25) is 4.79 Å². The van der Waals surface area contributed by atoms with Crippen molar-refractivity contribution >= 4 is 11.7 Å². The van der Waals surface area contributed by atoms with Gasteiger partial charge in [-0.1, -0.05) is 12.1 Å². The molecule has 4 atom stereocenters. The van der Waals surface area contributed by atoms with Crippen molar-refractivity contribution in [3.63, 3.8) is 0 Å². The van der Waals surface area contributed by atoms with Gasteiger partial charge >= 0.3 is 0 Å². The van der Waals surface area contributed by atoms with Crippen molar-refractivity contribution in [1.82, 2.24) is 15.3 Å². The number of aliphatic hydroxyl groups excluding tert-OH is 3. The van der Waals surface area contributed by atoms with E-state index in [0.717, 1.165) is 6.07 Å². The minimum absolute atomic E-state index is 0.0774. The first-order valence-corrected chi connectivity index (χ1v) is 11.6. The Kier molecular flexibility index (Phi) is 7.58. The second-order valence-electron chi connectivity index (χ2n) is 9.14. The third kappa shape index (κ3) is 5.51. The lowest BCUT2D eigenvalue weighted by molar-refractivity contribution is -0.0153. The van der Waals surface area contributed by atoms with Crippen LogP contribution in [-0.2, 0) is 0 Å². The molecule has 1 aromatic heterocycles. The van der Waals surface area contributed by atoms with Crippen LogP contribution in [0.4, 0.5) is 14.6 Å². The SMILES string of the molecule is Cc1cc(F)cc([C@@H](CO)NC(=O)c2ccc(-c3nc([C@@H]4CC[C@@H](O)[C@H](O)C4)cnc3N)cc2F)c1. The number of nitrogens with zero attached hydrogens (tertiary/aromatic N) is 2. The number of rotatable bonds is 6. The lowest BCUT2D eigenvalue weighted by atomic mass is 9.83. The molecule has 3 aromatic rings. The Hall–Kier alpha value is -3.47. The van der Waals surface area contributed by atoms with Crippen LogP contribution >= 0.6 is 0 Å². The number of hydrogen-bond acceptors (Lipinski definition) is 7. The number of aliphatic hydroxyl groups is 3. The van der Waals surface area contributed by atoms with Crippen molar-refractivity contribution in [2.24, 2.45) is 0 Å². The van der Waals surface area contributed by atoms with E-state index in [-0.39, 0.29) is 23.0 Å². The van der Waals surface area contributed by atoms with Crippen LogP contribution in [-0.4, -0.2) is 50.0 Å². The van der Waals surface area contributed by atoms with Crippen molar-refractivity contribution in [2.75, 3.05) is 12.3 Å². The van der Waals surface area contributed by atoms with E-state index in [1.807, 2.05) is 0 Å². The molecule has 4 rings (SSSR count). The van der Waals surface area contributed by atoms with Crippen LogP contribution in [0.3, 0.4) is 0 Å². The maximum atomic E-state index is 15.0. The van der Waals surface area contributed by atoms with Gasteiger partial charge in [0.2, 0.25) is 0 Å². The predicted molar refractivity (Wildman–Crippen MR) is 129 cm³/mol. The number of nitrogen functional groups attached to an aromatic ring is 1. The number of carbonyl (C=O) groups is 1. The molecule has 1 saturated carbocycles. The highest BCUT2D eigenvalue weighted by molar-refractivity contribution is 5.95. The molecular weight excluding hydrogens is 470 g/mol. The summed E-state index contributed by atoms with van der Waals surface area (Å²) in [6.45, 7) is 1.19. The highest BCUT2D eigenvalue weighted by atomic mass is 19.1. The monoisotopic (exact) mass is 498 g/mol. The molecule has 0 radical (unpaired) electrons. The zero-order valence-electron chi connectivity index (χ0n) is 19.7. The Morgan fingerprint density at radius 2 is 1.94 bits per heavy atom. The number of nitrogens with two attached hydrogens (primary N) is 1. The van der Waals surface area contributed by atoms with Crippen LogP contribution in [0.25, 0.3) is 11.3 Å². The summed E-state index contributed by atoms with van der Waals surface area (Å²) in [5, 5.41) is 32.0. The van der Waals surface area contributed by atoms with E-state index < -0.39 is 42.4 Å². The number of halogens is 2. The van der Waals surface area contributed by atoms with Crippen LogP contribution in [0, 0.1) is 18.6 Å². The highest BCUT2D eigenvalue weighted by Gasteiger charge is 2.30. The molecule has 1 aliphatic rings. The summed E-state index contributed by atoms with van der Waals surface area (Å²) in [4.78, 5) is 21.5. The number of aryl methyl sites for hydroxylation is 1. The minimum Gasteiger partial charge on any atom is -0.394 e. The maximum absolute atomic E-state index is 15.0. The minimum atomic E-state index is -0.923. The van der Waals surface area contributed by atoms with Gasteiger partial charge in [0.05, 0.1) is 42.3 Å². The summed E-state index contributed by atoms with van der Waals surface area (Å²) >= 11 is 0. The summed E-state index contributed by atoms with van der Waals surface area (Å²) < 4.78 is 28.8. The molecule has 1 heterocycles. The lowest BCUT2D eigenvalue weighted by Crippen LogP contribution is -2.33. The van der Waals surface area contributed by atoms with E-state index in [1.54, 1.807) is 13.0 Å². The van der Waals surface area contributed by atoms with Crippen molar-refractivity contribution in [3.8, 4) is 11.3 Å². The van der Waals surface area contributed by atoms with E-state index in [4.69, 9.17) is 5.73 Å². The molecule has 0 spiro atoms. The summed E-state index contributed by atoms with van der Waals surface area (Å²) in [7, 11) is 0. The lowest BCUT2D eigenvalue weighted by Gasteiger charge is -2.29. The van der Waals surface area contributed by atoms with Crippen molar-refractivity contribution in [1.29, 1.82) is 0 Å². The third-order valence-electron chi connectivity index (χ3n) is 6.46. The second-order valence-corrected chi connectivity index (χ2v) is 9.14. The van der Waals surface area contributed by atoms with Crippen LogP contribution in [0.15, 0.2) is 42.6 Å². The normalized spacial score (nSPS) is 20.7. The second kappa shape index (κ2) is 10.7. The molecule has 6 N–H and O–H groups in total. The molecule has 10 heteroatoms. The molecule has 36 heavy (non-hydrogen) atoms. The number of hydrogen-bond donors (Lipinski definition) is 5. The van der Waals surface area contributed by atoms with Gasteiger partial charge in [-0.05, 0) is 61.6 Å². The molecule has 1 amide bonds. The van der Waals surface area contributed by atoms with Crippen LogP contribution < -0.4 is 11.1 Å². The summed E-state index contributed by atoms with van der Waals surface area (Å²) in [6.07, 6.45) is 1.24. The molecule has 0 saturated heterocycles. The molecule has 0 aliphatic heterocycles. The standard InChI is InChI=1S/C26H28F2N4O4/c1-13-6-16(8-17(27)7-13)21(12-33)32-26(36)18-4-2-15(9-19(18)28)24-25(29)30-11-20(31-24)14-3-5-22(34)23(35)10-14/h2,4,6-9,11,14,21-23,33-35H,3,5,10,12H2,1H3,(H2,29,30)(H,32,36)/t14-,21-,22-,23-/m1/s1. The van der Waals surface area contributed by atoms with Crippen LogP contribution in [0.1, 0.15) is 58.4 Å². The zero-order chi connectivity index (χ0) is 26.0. The topological polar surface area (TPSA) is 142 Å². The quantitative estimate of drug-likeness (QED) is 0.352. The predicted octanol–water partition coefficient (Wildman–Crippen LogP) is 2.77. The molecule has 8 nitrogen and oxygen atoms in total. The van der Waals surface area contributed by atoms with Crippen LogP contribution in [0.2, 0.25) is 0 Å². The average molecular weight is 499 g/mol. The van der Waals surface area contributed by atoms with Gasteiger partial charge < -0.3 is 26.4 Å². The fourth-order valence-electron chi connectivity index (χ4n) is 4.50. The first kappa shape index (κ1) is 25.6. The summed E-state index contributed by atoms with van der Waals surface area (Å²) in [5.74, 6) is -2.17. The van der Waals surface area contributed by atoms with E-state index in [9.17, 15) is 24.5 Å². The van der Waals surface area contributed by atoms with E-state index >= 15 is 4.39 Å². The fraction of sp³-hybridized carbons (Fsp3) is 0.346. The maximum Gasteiger partial charge on any atom is 0.254 e. The average Bonchev–Trinajstić information content (AvgIpc) is 2.83. The summed E-state index contributed by atoms with van der Waals surface area (Å²) in [6, 6.07) is 7.12. The van der Waals surface area contributed by atoms with Crippen molar-refractivity contribution in [2.45, 2.75) is 50.4 Å².